The number of nitrogens with zero attached hydrogens (tertiary/aromatic N) is 1. The number of methoxy groups -OCH3 is 1. The summed E-state index contributed by atoms with van der Waals surface area (Å²) in [6, 6.07) is 0.704. The van der Waals surface area contributed by atoms with Crippen LogP contribution in [0.3, 0.4) is 0 Å². The first-order valence-electron chi connectivity index (χ1n) is 5.11. The van der Waals surface area contributed by atoms with Gasteiger partial charge in [-0.2, -0.15) is 0 Å². The highest BCUT2D eigenvalue weighted by Crippen LogP contribution is 2.15. The smallest absolute Gasteiger partial charge is 0.0618 e. The van der Waals surface area contributed by atoms with Crippen molar-refractivity contribution in [2.75, 3.05) is 26.8 Å². The molecule has 0 N–H and O–H groups in total. The Morgan fingerprint density at radius 2 is 2.08 bits per heavy atom. The molecule has 1 aliphatic rings. The van der Waals surface area contributed by atoms with Gasteiger partial charge in [0.2, 0.25) is 0 Å². The van der Waals surface area contributed by atoms with E-state index >= 15 is 0 Å². The third-order valence-corrected chi connectivity index (χ3v) is 2.26. The fourth-order valence-corrected chi connectivity index (χ4v) is 1.69. The van der Waals surface area contributed by atoms with Crippen molar-refractivity contribution in [3.05, 3.63) is 0 Å². The first-order chi connectivity index (χ1) is 5.88. The highest BCUT2D eigenvalue weighted by atomic mass is 16.5. The topological polar surface area (TPSA) is 12.5 Å². The Labute approximate surface area is 76.9 Å². The molecule has 74 valence electrons. The van der Waals surface area contributed by atoms with E-state index in [9.17, 15) is 0 Å². The lowest BCUT2D eigenvalue weighted by molar-refractivity contribution is 0.119. The maximum atomic E-state index is 5.12. The van der Waals surface area contributed by atoms with Crippen molar-refractivity contribution in [3.8, 4) is 0 Å². The zero-order valence-electron chi connectivity index (χ0n) is 8.97. The fourth-order valence-electron chi connectivity index (χ4n) is 1.69. The molecule has 1 aliphatic heterocycles. The minimum Gasteiger partial charge on any atom is -0.383 e. The minimum absolute atomic E-state index is 0.704. The predicted octanol–water partition coefficient (Wildman–Crippen LogP) is 2.14. The van der Waals surface area contributed by atoms with Gasteiger partial charge in [0, 0.05) is 13.2 Å². The van der Waals surface area contributed by atoms with E-state index in [0.29, 0.717) is 6.04 Å². The molecule has 0 aliphatic carbocycles. The Kier molecular flexibility index (Phi) is 7.51. The molecule has 0 amide bonds. The van der Waals surface area contributed by atoms with E-state index in [0.717, 1.165) is 6.61 Å². The molecule has 0 aromatic carbocycles. The first-order valence-corrected chi connectivity index (χ1v) is 5.11. The third-order valence-electron chi connectivity index (χ3n) is 2.26. The Morgan fingerprint density at radius 3 is 2.58 bits per heavy atom. The van der Waals surface area contributed by atoms with Gasteiger partial charge in [-0.1, -0.05) is 20.8 Å². The molecular formula is C10H23NO. The van der Waals surface area contributed by atoms with E-state index in [1.54, 1.807) is 7.11 Å². The number of hydrogen-bond acceptors (Lipinski definition) is 2. The number of likely N-dealkylation sites (tertiary alicyclic amines) is 1. The molecule has 1 heterocycles. The first kappa shape index (κ1) is 11.9. The molecule has 0 saturated carbocycles. The summed E-state index contributed by atoms with van der Waals surface area (Å²) < 4.78 is 5.12. The van der Waals surface area contributed by atoms with Crippen LogP contribution in [0.15, 0.2) is 0 Å². The second-order valence-electron chi connectivity index (χ2n) is 2.88. The van der Waals surface area contributed by atoms with Crippen LogP contribution in [0.2, 0.25) is 0 Å². The lowest BCUT2D eigenvalue weighted by atomic mass is 10.2. The van der Waals surface area contributed by atoms with Crippen LogP contribution in [0, 0.1) is 0 Å². The van der Waals surface area contributed by atoms with E-state index in [1.165, 1.54) is 25.9 Å². The summed E-state index contributed by atoms with van der Waals surface area (Å²) in [4.78, 5) is 2.49. The van der Waals surface area contributed by atoms with Crippen LogP contribution in [-0.2, 0) is 4.74 Å². The highest BCUT2D eigenvalue weighted by Gasteiger charge is 2.21. The predicted molar refractivity (Wildman–Crippen MR) is 53.5 cm³/mol. The quantitative estimate of drug-likeness (QED) is 0.648. The second kappa shape index (κ2) is 7.56. The fraction of sp³-hybridized carbons (Fsp3) is 1.00. The average Bonchev–Trinajstić information content (AvgIpc) is 2.56. The molecule has 1 unspecified atom stereocenters. The van der Waals surface area contributed by atoms with Crippen LogP contribution in [0.1, 0.15) is 33.6 Å². The SMILES string of the molecule is CC.CCN1CCCC1COC. The molecule has 0 radical (unpaired) electrons. The summed E-state index contributed by atoms with van der Waals surface area (Å²) in [5.74, 6) is 0. The number of ether oxygens (including phenoxy) is 1. The normalized spacial score (nSPS) is 23.5. The Morgan fingerprint density at radius 1 is 1.42 bits per heavy atom. The molecule has 0 bridgehead atoms. The van der Waals surface area contributed by atoms with Gasteiger partial charge in [-0.15, -0.1) is 0 Å². The molecular weight excluding hydrogens is 150 g/mol. The van der Waals surface area contributed by atoms with Crippen LogP contribution >= 0.6 is 0 Å². The lowest BCUT2D eigenvalue weighted by Gasteiger charge is -2.21. The monoisotopic (exact) mass is 173 g/mol. The molecule has 0 aromatic heterocycles. The molecule has 0 spiro atoms. The Bertz CT molecular complexity index is 95.8. The molecule has 1 rings (SSSR count). The van der Waals surface area contributed by atoms with Crippen LogP contribution in [0.4, 0.5) is 0 Å². The van der Waals surface area contributed by atoms with Gasteiger partial charge in [0.25, 0.3) is 0 Å². The Hall–Kier alpha value is -0.0800. The van der Waals surface area contributed by atoms with Gasteiger partial charge < -0.3 is 4.74 Å². The van der Waals surface area contributed by atoms with Gasteiger partial charge >= 0.3 is 0 Å². The van der Waals surface area contributed by atoms with Gasteiger partial charge in [0.1, 0.15) is 0 Å². The van der Waals surface area contributed by atoms with Crippen molar-refractivity contribution in [2.45, 2.75) is 39.7 Å². The Balaban J connectivity index is 0.000000561. The van der Waals surface area contributed by atoms with Crippen LogP contribution in [0.5, 0.6) is 0 Å². The van der Waals surface area contributed by atoms with E-state index in [-0.39, 0.29) is 0 Å². The van der Waals surface area contributed by atoms with Crippen LogP contribution < -0.4 is 0 Å². The summed E-state index contributed by atoms with van der Waals surface area (Å²) in [7, 11) is 1.78. The molecule has 1 atom stereocenters. The number of rotatable bonds is 3. The van der Waals surface area contributed by atoms with E-state index in [2.05, 4.69) is 11.8 Å². The van der Waals surface area contributed by atoms with Gasteiger partial charge in [0.05, 0.1) is 6.61 Å². The van der Waals surface area contributed by atoms with Crippen LogP contribution in [-0.4, -0.2) is 37.7 Å². The molecule has 12 heavy (non-hydrogen) atoms. The molecule has 2 heteroatoms. The largest absolute Gasteiger partial charge is 0.383 e. The van der Waals surface area contributed by atoms with Crippen molar-refractivity contribution >= 4 is 0 Å². The van der Waals surface area contributed by atoms with Gasteiger partial charge in [0.15, 0.2) is 0 Å². The third kappa shape index (κ3) is 3.55. The van der Waals surface area contributed by atoms with Crippen molar-refractivity contribution in [1.82, 2.24) is 4.90 Å². The molecule has 0 aromatic rings. The summed E-state index contributed by atoms with van der Waals surface area (Å²) >= 11 is 0. The highest BCUT2D eigenvalue weighted by molar-refractivity contribution is 4.77. The molecule has 1 saturated heterocycles. The zero-order chi connectivity index (χ0) is 9.40. The standard InChI is InChI=1S/C8H17NO.C2H6/c1-3-9-6-4-5-8(9)7-10-2;1-2/h8H,3-7H2,1-2H3;1-2H3. The average molecular weight is 173 g/mol. The summed E-state index contributed by atoms with van der Waals surface area (Å²) in [5, 5.41) is 0. The second-order valence-corrected chi connectivity index (χ2v) is 2.88. The lowest BCUT2D eigenvalue weighted by Crippen LogP contribution is -2.32. The minimum atomic E-state index is 0.704. The van der Waals surface area contributed by atoms with Gasteiger partial charge in [-0.3, -0.25) is 4.90 Å². The summed E-state index contributed by atoms with van der Waals surface area (Å²) in [6.07, 6.45) is 2.67. The van der Waals surface area contributed by atoms with Gasteiger partial charge in [-0.25, -0.2) is 0 Å². The van der Waals surface area contributed by atoms with E-state index < -0.39 is 0 Å². The van der Waals surface area contributed by atoms with Crippen molar-refractivity contribution in [3.63, 3.8) is 0 Å². The maximum Gasteiger partial charge on any atom is 0.0618 e. The molecule has 1 fully saturated rings. The maximum absolute atomic E-state index is 5.12. The van der Waals surface area contributed by atoms with Gasteiger partial charge in [-0.05, 0) is 25.9 Å². The summed E-state index contributed by atoms with van der Waals surface area (Å²) in [5.41, 5.74) is 0. The van der Waals surface area contributed by atoms with E-state index in [4.69, 9.17) is 4.74 Å². The van der Waals surface area contributed by atoms with Crippen LogP contribution in [0.25, 0.3) is 0 Å². The van der Waals surface area contributed by atoms with Crippen molar-refractivity contribution < 1.29 is 4.74 Å². The van der Waals surface area contributed by atoms with Crippen molar-refractivity contribution in [1.29, 1.82) is 0 Å². The van der Waals surface area contributed by atoms with E-state index in [1.807, 2.05) is 13.8 Å². The zero-order valence-corrected chi connectivity index (χ0v) is 8.97. The molecule has 2 nitrogen and oxygen atoms in total. The summed E-state index contributed by atoms with van der Waals surface area (Å²) in [6.45, 7) is 9.57. The number of likely N-dealkylation sites (N-methyl/N-ethyl adjacent to an activating group) is 1. The number of hydrogen-bond donors (Lipinski definition) is 0. The van der Waals surface area contributed by atoms with Crippen molar-refractivity contribution in [2.24, 2.45) is 0 Å².